The summed E-state index contributed by atoms with van der Waals surface area (Å²) in [6.45, 7) is 12.1. The molecule has 0 aromatic carbocycles. The second kappa shape index (κ2) is 7.13. The van der Waals surface area contributed by atoms with Crippen molar-refractivity contribution in [3.8, 4) is 0 Å². The van der Waals surface area contributed by atoms with Crippen molar-refractivity contribution >= 4 is 30.9 Å². The molecule has 0 aliphatic carbocycles. The zero-order valence-corrected chi connectivity index (χ0v) is 14.5. The van der Waals surface area contributed by atoms with Gasteiger partial charge in [0, 0.05) is 13.7 Å². The maximum absolute atomic E-state index is 6.10. The first kappa shape index (κ1) is 16.6. The van der Waals surface area contributed by atoms with E-state index in [1.165, 1.54) is 0 Å². The predicted octanol–water partition coefficient (Wildman–Crippen LogP) is 4.36. The van der Waals surface area contributed by atoms with Crippen LogP contribution in [0.25, 0.3) is 0 Å². The van der Waals surface area contributed by atoms with Gasteiger partial charge in [-0.2, -0.15) is 0 Å². The van der Waals surface area contributed by atoms with Gasteiger partial charge in [0.1, 0.15) is 0 Å². The van der Waals surface area contributed by atoms with E-state index in [0.717, 1.165) is 13.0 Å². The average Bonchev–Trinajstić information content (AvgIpc) is 2.14. The Morgan fingerprint density at radius 2 is 1.88 bits per heavy atom. The quantitative estimate of drug-likeness (QED) is 0.520. The third-order valence-electron chi connectivity index (χ3n) is 3.26. The highest BCUT2D eigenvalue weighted by Gasteiger charge is 2.36. The SMILES string of the molecule is COC(/C=C\I)CCO[Si](C)(C)C(C)(C)C. The molecule has 2 nitrogen and oxygen atoms in total. The van der Waals surface area contributed by atoms with E-state index in [4.69, 9.17) is 9.16 Å². The van der Waals surface area contributed by atoms with Gasteiger partial charge in [0.15, 0.2) is 8.32 Å². The smallest absolute Gasteiger partial charge is 0.191 e. The number of methoxy groups -OCH3 is 1. The fourth-order valence-corrected chi connectivity index (χ4v) is 2.54. The van der Waals surface area contributed by atoms with Crippen LogP contribution >= 0.6 is 22.6 Å². The molecule has 0 aromatic heterocycles. The van der Waals surface area contributed by atoms with Crippen molar-refractivity contribution in [1.82, 2.24) is 0 Å². The molecule has 0 saturated carbocycles. The third-order valence-corrected chi connectivity index (χ3v) is 8.21. The summed E-state index contributed by atoms with van der Waals surface area (Å²) in [5, 5.41) is 0.286. The van der Waals surface area contributed by atoms with E-state index in [9.17, 15) is 0 Å². The molecule has 0 rings (SSSR count). The first-order chi connectivity index (χ1) is 7.24. The van der Waals surface area contributed by atoms with Gasteiger partial charge in [-0.15, -0.1) is 0 Å². The largest absolute Gasteiger partial charge is 0.417 e. The van der Waals surface area contributed by atoms with Gasteiger partial charge in [-0.3, -0.25) is 0 Å². The third kappa shape index (κ3) is 5.79. The van der Waals surface area contributed by atoms with Crippen LogP contribution in [0.3, 0.4) is 0 Å². The Hall–Kier alpha value is 0.607. The second-order valence-corrected chi connectivity index (χ2v) is 11.0. The van der Waals surface area contributed by atoms with E-state index in [1.807, 2.05) is 4.08 Å². The molecule has 0 saturated heterocycles. The summed E-state index contributed by atoms with van der Waals surface area (Å²) in [4.78, 5) is 0. The van der Waals surface area contributed by atoms with Crippen molar-refractivity contribution in [2.75, 3.05) is 13.7 Å². The Kier molecular flexibility index (Phi) is 7.40. The molecule has 0 heterocycles. The molecule has 0 fully saturated rings. The normalized spacial score (nSPS) is 15.7. The lowest BCUT2D eigenvalue weighted by molar-refractivity contribution is 0.114. The van der Waals surface area contributed by atoms with Gasteiger partial charge in [0.2, 0.25) is 0 Å². The zero-order chi connectivity index (χ0) is 12.8. The Morgan fingerprint density at radius 3 is 2.25 bits per heavy atom. The van der Waals surface area contributed by atoms with Crippen LogP contribution in [0.4, 0.5) is 0 Å². The molecule has 0 N–H and O–H groups in total. The Bertz CT molecular complexity index is 222. The summed E-state index contributed by atoms with van der Waals surface area (Å²) in [7, 11) is 0.155. The van der Waals surface area contributed by atoms with Crippen LogP contribution in [0.5, 0.6) is 0 Å². The van der Waals surface area contributed by atoms with Crippen molar-refractivity contribution in [2.24, 2.45) is 0 Å². The molecular weight excluding hydrogens is 331 g/mol. The maximum atomic E-state index is 6.10. The average molecular weight is 356 g/mol. The van der Waals surface area contributed by atoms with Crippen molar-refractivity contribution in [3.05, 3.63) is 10.2 Å². The summed E-state index contributed by atoms with van der Waals surface area (Å²) in [6.07, 6.45) is 3.18. The highest BCUT2D eigenvalue weighted by atomic mass is 127. The van der Waals surface area contributed by atoms with Crippen LogP contribution < -0.4 is 0 Å². The lowest BCUT2D eigenvalue weighted by Crippen LogP contribution is -2.41. The van der Waals surface area contributed by atoms with Crippen LogP contribution in [0, 0.1) is 0 Å². The molecule has 1 unspecified atom stereocenters. The van der Waals surface area contributed by atoms with E-state index in [1.54, 1.807) is 7.11 Å². The molecule has 0 radical (unpaired) electrons. The zero-order valence-electron chi connectivity index (χ0n) is 11.3. The van der Waals surface area contributed by atoms with E-state index < -0.39 is 8.32 Å². The van der Waals surface area contributed by atoms with Crippen molar-refractivity contribution < 1.29 is 9.16 Å². The van der Waals surface area contributed by atoms with Gasteiger partial charge in [-0.1, -0.05) is 43.4 Å². The molecule has 0 aliphatic heterocycles. The molecule has 4 heteroatoms. The second-order valence-electron chi connectivity index (χ2n) is 5.49. The predicted molar refractivity (Wildman–Crippen MR) is 81.7 cm³/mol. The van der Waals surface area contributed by atoms with Crippen molar-refractivity contribution in [1.29, 1.82) is 0 Å². The standard InChI is InChI=1S/C12H25IO2Si/c1-12(2,3)16(5,6)15-10-8-11(14-4)7-9-13/h7,9,11H,8,10H2,1-6H3/b9-7-. The Balaban J connectivity index is 4.06. The summed E-state index contributed by atoms with van der Waals surface area (Å²) in [6, 6.07) is 0. The molecule has 0 spiro atoms. The number of ether oxygens (including phenoxy) is 1. The van der Waals surface area contributed by atoms with Crippen LogP contribution in [0.15, 0.2) is 10.2 Å². The van der Waals surface area contributed by atoms with E-state index in [0.29, 0.717) is 0 Å². The molecule has 0 aliphatic rings. The minimum Gasteiger partial charge on any atom is -0.417 e. The van der Waals surface area contributed by atoms with E-state index >= 15 is 0 Å². The molecule has 0 amide bonds. The first-order valence-corrected chi connectivity index (χ1v) is 9.83. The van der Waals surface area contributed by atoms with Gasteiger partial charge in [-0.05, 0) is 34.7 Å². The molecular formula is C12H25IO2Si. The highest BCUT2D eigenvalue weighted by Crippen LogP contribution is 2.36. The van der Waals surface area contributed by atoms with E-state index in [2.05, 4.69) is 62.5 Å². The highest BCUT2D eigenvalue weighted by molar-refractivity contribution is 14.1. The topological polar surface area (TPSA) is 18.5 Å². The molecule has 0 bridgehead atoms. The van der Waals surface area contributed by atoms with Crippen LogP contribution in [-0.2, 0) is 9.16 Å². The fourth-order valence-electron chi connectivity index (χ4n) is 1.02. The maximum Gasteiger partial charge on any atom is 0.191 e. The summed E-state index contributed by atoms with van der Waals surface area (Å²) in [5.74, 6) is 0. The number of halogens is 1. The molecule has 96 valence electrons. The van der Waals surface area contributed by atoms with Crippen LogP contribution in [0.2, 0.25) is 18.1 Å². The fraction of sp³-hybridized carbons (Fsp3) is 0.833. The van der Waals surface area contributed by atoms with Crippen LogP contribution in [0.1, 0.15) is 27.2 Å². The van der Waals surface area contributed by atoms with Crippen molar-refractivity contribution in [3.63, 3.8) is 0 Å². The van der Waals surface area contributed by atoms with E-state index in [-0.39, 0.29) is 11.1 Å². The monoisotopic (exact) mass is 356 g/mol. The lowest BCUT2D eigenvalue weighted by Gasteiger charge is -2.36. The number of hydrogen-bond acceptors (Lipinski definition) is 2. The summed E-state index contributed by atoms with van der Waals surface area (Å²) in [5.41, 5.74) is 0. The summed E-state index contributed by atoms with van der Waals surface area (Å²) >= 11 is 2.21. The minimum absolute atomic E-state index is 0.182. The minimum atomic E-state index is -1.59. The number of hydrogen-bond donors (Lipinski definition) is 0. The van der Waals surface area contributed by atoms with Crippen LogP contribution in [-0.4, -0.2) is 28.1 Å². The summed E-state index contributed by atoms with van der Waals surface area (Å²) < 4.78 is 13.4. The van der Waals surface area contributed by atoms with Gasteiger partial charge >= 0.3 is 0 Å². The van der Waals surface area contributed by atoms with Gasteiger partial charge in [-0.25, -0.2) is 0 Å². The molecule has 16 heavy (non-hydrogen) atoms. The Morgan fingerprint density at radius 1 is 1.31 bits per heavy atom. The first-order valence-electron chi connectivity index (χ1n) is 5.68. The van der Waals surface area contributed by atoms with Gasteiger partial charge in [0.05, 0.1) is 6.10 Å². The van der Waals surface area contributed by atoms with Crippen molar-refractivity contribution in [2.45, 2.75) is 51.4 Å². The molecule has 0 aromatic rings. The van der Waals surface area contributed by atoms with Gasteiger partial charge < -0.3 is 9.16 Å². The molecule has 1 atom stereocenters. The number of rotatable bonds is 6. The lowest BCUT2D eigenvalue weighted by atomic mass is 10.2. The van der Waals surface area contributed by atoms with Gasteiger partial charge in [0.25, 0.3) is 0 Å². The Labute approximate surface area is 115 Å².